The molecular formula is C13H13ClN6. The van der Waals surface area contributed by atoms with Gasteiger partial charge in [0.25, 0.3) is 0 Å². The number of anilines is 1. The molecule has 6 nitrogen and oxygen atoms in total. The molecule has 1 N–H and O–H groups in total. The first-order valence-electron chi connectivity index (χ1n) is 6.49. The highest BCUT2D eigenvalue weighted by Crippen LogP contribution is 2.16. The van der Waals surface area contributed by atoms with Gasteiger partial charge in [-0.3, -0.25) is 0 Å². The van der Waals surface area contributed by atoms with Gasteiger partial charge in [-0.15, -0.1) is 10.2 Å². The standard InChI is InChI=1S/C13H13ClN6/c14-9-3-4-11(17-10(9)8-15)16-6-5-13-19-18-12-2-1-7-20(12)13/h3-4H,1-2,5-7H2,(H,16,17). The maximum atomic E-state index is 8.88. The van der Waals surface area contributed by atoms with Gasteiger partial charge in [-0.25, -0.2) is 4.98 Å². The predicted octanol–water partition coefficient (Wildman–Crippen LogP) is 1.80. The van der Waals surface area contributed by atoms with Crippen LogP contribution in [0, 0.1) is 11.3 Å². The molecule has 0 aromatic carbocycles. The summed E-state index contributed by atoms with van der Waals surface area (Å²) in [7, 11) is 0. The fraction of sp³-hybridized carbons (Fsp3) is 0.385. The second-order valence-corrected chi connectivity index (χ2v) is 5.01. The van der Waals surface area contributed by atoms with Gasteiger partial charge < -0.3 is 9.88 Å². The van der Waals surface area contributed by atoms with Crippen molar-refractivity contribution >= 4 is 17.4 Å². The minimum absolute atomic E-state index is 0.236. The quantitative estimate of drug-likeness (QED) is 0.928. The first-order valence-corrected chi connectivity index (χ1v) is 6.87. The summed E-state index contributed by atoms with van der Waals surface area (Å²) in [5.41, 5.74) is 0.236. The van der Waals surface area contributed by atoms with Crippen LogP contribution in [0.2, 0.25) is 5.02 Å². The largest absolute Gasteiger partial charge is 0.370 e. The number of fused-ring (bicyclic) bond motifs is 1. The zero-order chi connectivity index (χ0) is 13.9. The zero-order valence-corrected chi connectivity index (χ0v) is 11.6. The molecular weight excluding hydrogens is 276 g/mol. The molecule has 0 unspecified atom stereocenters. The number of pyridine rings is 1. The van der Waals surface area contributed by atoms with Gasteiger partial charge in [-0.1, -0.05) is 11.6 Å². The Labute approximate surface area is 121 Å². The molecule has 0 aliphatic carbocycles. The Morgan fingerprint density at radius 1 is 1.40 bits per heavy atom. The van der Waals surface area contributed by atoms with Crippen LogP contribution in [0.3, 0.4) is 0 Å². The van der Waals surface area contributed by atoms with E-state index in [-0.39, 0.29) is 5.69 Å². The van der Waals surface area contributed by atoms with Crippen molar-refractivity contribution in [3.63, 3.8) is 0 Å². The van der Waals surface area contributed by atoms with Crippen LogP contribution in [0.5, 0.6) is 0 Å². The lowest BCUT2D eigenvalue weighted by atomic mass is 10.3. The van der Waals surface area contributed by atoms with E-state index in [2.05, 4.69) is 25.1 Å². The maximum Gasteiger partial charge on any atom is 0.161 e. The van der Waals surface area contributed by atoms with E-state index in [0.29, 0.717) is 17.4 Å². The van der Waals surface area contributed by atoms with Crippen LogP contribution >= 0.6 is 11.6 Å². The highest BCUT2D eigenvalue weighted by atomic mass is 35.5. The van der Waals surface area contributed by atoms with Gasteiger partial charge in [0.1, 0.15) is 23.5 Å². The van der Waals surface area contributed by atoms with Gasteiger partial charge in [0, 0.05) is 25.9 Å². The van der Waals surface area contributed by atoms with Gasteiger partial charge in [0.2, 0.25) is 0 Å². The van der Waals surface area contributed by atoms with E-state index in [4.69, 9.17) is 16.9 Å². The Morgan fingerprint density at radius 2 is 2.30 bits per heavy atom. The van der Waals surface area contributed by atoms with Crippen molar-refractivity contribution < 1.29 is 0 Å². The molecule has 0 bridgehead atoms. The van der Waals surface area contributed by atoms with Crippen LogP contribution in [-0.2, 0) is 19.4 Å². The van der Waals surface area contributed by atoms with Gasteiger partial charge in [0.15, 0.2) is 5.69 Å². The second kappa shape index (κ2) is 5.47. The average Bonchev–Trinajstić information content (AvgIpc) is 3.05. The van der Waals surface area contributed by atoms with E-state index in [9.17, 15) is 0 Å². The van der Waals surface area contributed by atoms with E-state index in [0.717, 1.165) is 37.5 Å². The molecule has 0 atom stereocenters. The third-order valence-electron chi connectivity index (χ3n) is 3.29. The summed E-state index contributed by atoms with van der Waals surface area (Å²) in [6.07, 6.45) is 2.94. The summed E-state index contributed by atoms with van der Waals surface area (Å²) >= 11 is 5.84. The van der Waals surface area contributed by atoms with Crippen LogP contribution < -0.4 is 5.32 Å². The molecule has 2 aromatic rings. The Bertz CT molecular complexity index is 672. The van der Waals surface area contributed by atoms with E-state index < -0.39 is 0 Å². The number of nitriles is 1. The molecule has 102 valence electrons. The van der Waals surface area contributed by atoms with E-state index in [1.807, 2.05) is 6.07 Å². The fourth-order valence-corrected chi connectivity index (χ4v) is 2.46. The number of aromatic nitrogens is 4. The Kier molecular flexibility index (Phi) is 3.52. The lowest BCUT2D eigenvalue weighted by Crippen LogP contribution is -2.10. The Hall–Kier alpha value is -2.13. The van der Waals surface area contributed by atoms with Crippen LogP contribution in [-0.4, -0.2) is 26.3 Å². The first-order chi connectivity index (χ1) is 9.78. The lowest BCUT2D eigenvalue weighted by molar-refractivity contribution is 0.687. The number of rotatable bonds is 4. The molecule has 0 saturated carbocycles. The van der Waals surface area contributed by atoms with Crippen LogP contribution in [0.1, 0.15) is 23.8 Å². The molecule has 0 saturated heterocycles. The topological polar surface area (TPSA) is 79.4 Å². The summed E-state index contributed by atoms with van der Waals surface area (Å²) < 4.78 is 2.18. The van der Waals surface area contributed by atoms with Crippen molar-refractivity contribution in [1.82, 2.24) is 19.7 Å². The van der Waals surface area contributed by atoms with E-state index in [1.54, 1.807) is 12.1 Å². The highest BCUT2D eigenvalue weighted by molar-refractivity contribution is 6.31. The van der Waals surface area contributed by atoms with Crippen LogP contribution in [0.4, 0.5) is 5.82 Å². The lowest BCUT2D eigenvalue weighted by Gasteiger charge is -2.06. The number of nitrogens with one attached hydrogen (secondary N) is 1. The van der Waals surface area contributed by atoms with Crippen molar-refractivity contribution in [2.24, 2.45) is 0 Å². The molecule has 2 aromatic heterocycles. The molecule has 1 aliphatic rings. The smallest absolute Gasteiger partial charge is 0.161 e. The van der Waals surface area contributed by atoms with E-state index >= 15 is 0 Å². The third kappa shape index (κ3) is 2.45. The maximum absolute atomic E-state index is 8.88. The van der Waals surface area contributed by atoms with Crippen molar-refractivity contribution in [3.05, 3.63) is 34.5 Å². The normalized spacial score (nSPS) is 13.0. The molecule has 0 amide bonds. The molecule has 0 spiro atoms. The summed E-state index contributed by atoms with van der Waals surface area (Å²) in [4.78, 5) is 4.14. The molecule has 7 heteroatoms. The van der Waals surface area contributed by atoms with Crippen molar-refractivity contribution in [2.75, 3.05) is 11.9 Å². The summed E-state index contributed by atoms with van der Waals surface area (Å²) in [6.45, 7) is 1.70. The van der Waals surface area contributed by atoms with Crippen LogP contribution in [0.15, 0.2) is 12.1 Å². The summed E-state index contributed by atoms with van der Waals surface area (Å²) in [5, 5.41) is 20.8. The SMILES string of the molecule is N#Cc1nc(NCCc2nnc3n2CCC3)ccc1Cl. The highest BCUT2D eigenvalue weighted by Gasteiger charge is 2.16. The molecule has 3 heterocycles. The molecule has 3 rings (SSSR count). The Morgan fingerprint density at radius 3 is 3.15 bits per heavy atom. The fourth-order valence-electron chi connectivity index (χ4n) is 2.32. The zero-order valence-electron chi connectivity index (χ0n) is 10.8. The molecule has 1 aliphatic heterocycles. The predicted molar refractivity (Wildman–Crippen MR) is 74.5 cm³/mol. The number of aryl methyl sites for hydroxylation is 1. The first kappa shape index (κ1) is 12.9. The number of hydrogen-bond donors (Lipinski definition) is 1. The monoisotopic (exact) mass is 288 g/mol. The molecule has 20 heavy (non-hydrogen) atoms. The molecule has 0 fully saturated rings. The second-order valence-electron chi connectivity index (χ2n) is 4.60. The summed E-state index contributed by atoms with van der Waals surface area (Å²) in [6, 6.07) is 5.40. The third-order valence-corrected chi connectivity index (χ3v) is 3.60. The van der Waals surface area contributed by atoms with Crippen molar-refractivity contribution in [1.29, 1.82) is 5.26 Å². The van der Waals surface area contributed by atoms with Crippen molar-refractivity contribution in [2.45, 2.75) is 25.8 Å². The van der Waals surface area contributed by atoms with Crippen molar-refractivity contribution in [3.8, 4) is 6.07 Å². The van der Waals surface area contributed by atoms with Gasteiger partial charge >= 0.3 is 0 Å². The van der Waals surface area contributed by atoms with Gasteiger partial charge in [0.05, 0.1) is 5.02 Å². The van der Waals surface area contributed by atoms with Crippen LogP contribution in [0.25, 0.3) is 0 Å². The minimum atomic E-state index is 0.236. The number of nitrogens with zero attached hydrogens (tertiary/aromatic N) is 5. The Balaban J connectivity index is 1.61. The summed E-state index contributed by atoms with van der Waals surface area (Å²) in [5.74, 6) is 2.72. The minimum Gasteiger partial charge on any atom is -0.370 e. The van der Waals surface area contributed by atoms with E-state index in [1.165, 1.54) is 0 Å². The average molecular weight is 289 g/mol. The van der Waals surface area contributed by atoms with Gasteiger partial charge in [-0.2, -0.15) is 5.26 Å². The van der Waals surface area contributed by atoms with Gasteiger partial charge in [-0.05, 0) is 18.6 Å². The number of halogens is 1. The number of hydrogen-bond acceptors (Lipinski definition) is 5. The molecule has 0 radical (unpaired) electrons.